The number of carboxylic acid groups (broad SMARTS) is 1. The summed E-state index contributed by atoms with van der Waals surface area (Å²) in [6.07, 6.45) is 4.46. The summed E-state index contributed by atoms with van der Waals surface area (Å²) in [6.45, 7) is 3.02. The summed E-state index contributed by atoms with van der Waals surface area (Å²) in [5.74, 6) is -0.910. The van der Waals surface area contributed by atoms with Gasteiger partial charge in [-0.05, 0) is 13.0 Å². The highest BCUT2D eigenvalue weighted by molar-refractivity contribution is 5.80. The Morgan fingerprint density at radius 3 is 3.07 bits per heavy atom. The summed E-state index contributed by atoms with van der Waals surface area (Å²) in [7, 11) is 0. The van der Waals surface area contributed by atoms with Crippen LogP contribution in [0, 0.1) is 0 Å². The largest absolute Gasteiger partial charge is 0.478 e. The lowest BCUT2D eigenvalue weighted by Gasteiger charge is -2.01. The Morgan fingerprint density at radius 2 is 2.50 bits per heavy atom. The number of hydrogen-bond acceptors (Lipinski definition) is 3. The molecular formula is C10H13NO3. The third-order valence-corrected chi connectivity index (χ3v) is 1.68. The predicted octanol–water partition coefficient (Wildman–Crippen LogP) is 1.40. The predicted molar refractivity (Wildman–Crippen MR) is 51.8 cm³/mol. The molecule has 14 heavy (non-hydrogen) atoms. The molecule has 0 bridgehead atoms. The highest BCUT2D eigenvalue weighted by Gasteiger charge is 1.96. The molecule has 4 nitrogen and oxygen atoms in total. The third kappa shape index (κ3) is 3.91. The van der Waals surface area contributed by atoms with Crippen LogP contribution < -0.4 is 5.32 Å². The van der Waals surface area contributed by atoms with Crippen LogP contribution in [0.5, 0.6) is 0 Å². The molecule has 1 aromatic heterocycles. The summed E-state index contributed by atoms with van der Waals surface area (Å²) in [4.78, 5) is 10.3. The zero-order chi connectivity index (χ0) is 10.4. The fourth-order valence-corrected chi connectivity index (χ4v) is 1.06. The molecule has 0 saturated carbocycles. The van der Waals surface area contributed by atoms with Crippen molar-refractivity contribution in [2.45, 2.75) is 13.5 Å². The van der Waals surface area contributed by atoms with Crippen molar-refractivity contribution in [3.8, 4) is 0 Å². The summed E-state index contributed by atoms with van der Waals surface area (Å²) in [6, 6.07) is 1.86. The molecule has 1 rings (SSSR count). The average Bonchev–Trinajstić information content (AvgIpc) is 2.55. The van der Waals surface area contributed by atoms with Crippen molar-refractivity contribution >= 4 is 5.97 Å². The number of nitrogens with one attached hydrogen (secondary N) is 1. The highest BCUT2D eigenvalue weighted by atomic mass is 16.4. The van der Waals surface area contributed by atoms with E-state index >= 15 is 0 Å². The second kappa shape index (κ2) is 5.24. The van der Waals surface area contributed by atoms with Crippen molar-refractivity contribution in [2.24, 2.45) is 0 Å². The number of carboxylic acids is 1. The van der Waals surface area contributed by atoms with E-state index in [2.05, 4.69) is 5.32 Å². The van der Waals surface area contributed by atoms with E-state index in [1.54, 1.807) is 19.5 Å². The lowest BCUT2D eigenvalue weighted by molar-refractivity contribution is -0.131. The molecule has 1 aromatic rings. The van der Waals surface area contributed by atoms with Crippen LogP contribution >= 0.6 is 0 Å². The minimum atomic E-state index is -0.910. The maximum absolute atomic E-state index is 10.3. The smallest absolute Gasteiger partial charge is 0.328 e. The molecule has 0 aliphatic rings. The van der Waals surface area contributed by atoms with E-state index in [0.717, 1.165) is 11.1 Å². The van der Waals surface area contributed by atoms with Crippen molar-refractivity contribution in [3.63, 3.8) is 0 Å². The van der Waals surface area contributed by atoms with E-state index in [-0.39, 0.29) is 0 Å². The molecule has 0 spiro atoms. The van der Waals surface area contributed by atoms with Crippen molar-refractivity contribution in [3.05, 3.63) is 35.8 Å². The van der Waals surface area contributed by atoms with Crippen LogP contribution in [0.2, 0.25) is 0 Å². The van der Waals surface area contributed by atoms with Gasteiger partial charge in [0.15, 0.2) is 0 Å². The van der Waals surface area contributed by atoms with Crippen molar-refractivity contribution in [1.82, 2.24) is 5.32 Å². The fraction of sp³-hybridized carbons (Fsp3) is 0.300. The maximum atomic E-state index is 10.3. The van der Waals surface area contributed by atoms with Crippen LogP contribution in [0.1, 0.15) is 12.5 Å². The summed E-state index contributed by atoms with van der Waals surface area (Å²) < 4.78 is 4.89. The molecule has 0 atom stereocenters. The third-order valence-electron chi connectivity index (χ3n) is 1.68. The molecule has 4 heteroatoms. The lowest BCUT2D eigenvalue weighted by Crippen LogP contribution is -2.15. The van der Waals surface area contributed by atoms with Crippen molar-refractivity contribution in [1.29, 1.82) is 0 Å². The zero-order valence-corrected chi connectivity index (χ0v) is 7.99. The molecule has 0 fully saturated rings. The van der Waals surface area contributed by atoms with E-state index in [0.29, 0.717) is 13.1 Å². The first-order valence-corrected chi connectivity index (χ1v) is 4.30. The minimum absolute atomic E-state index is 0.567. The number of furan rings is 1. The topological polar surface area (TPSA) is 62.5 Å². The second-order valence-corrected chi connectivity index (χ2v) is 3.06. The van der Waals surface area contributed by atoms with Gasteiger partial charge in [-0.15, -0.1) is 0 Å². The zero-order valence-electron chi connectivity index (χ0n) is 7.99. The van der Waals surface area contributed by atoms with Crippen LogP contribution in [0.15, 0.2) is 34.7 Å². The van der Waals surface area contributed by atoms with E-state index in [9.17, 15) is 4.79 Å². The normalized spacial score (nSPS) is 11.6. The van der Waals surface area contributed by atoms with Gasteiger partial charge in [0, 0.05) is 24.7 Å². The monoisotopic (exact) mass is 195 g/mol. The van der Waals surface area contributed by atoms with Crippen molar-refractivity contribution in [2.75, 3.05) is 6.54 Å². The van der Waals surface area contributed by atoms with Gasteiger partial charge in [0.05, 0.1) is 12.5 Å². The lowest BCUT2D eigenvalue weighted by atomic mass is 10.2. The van der Waals surface area contributed by atoms with Crippen molar-refractivity contribution < 1.29 is 14.3 Å². The van der Waals surface area contributed by atoms with Gasteiger partial charge in [-0.2, -0.15) is 0 Å². The molecular weight excluding hydrogens is 182 g/mol. The van der Waals surface area contributed by atoms with E-state index < -0.39 is 5.97 Å². The summed E-state index contributed by atoms with van der Waals surface area (Å²) in [5, 5.41) is 11.5. The Kier molecular flexibility index (Phi) is 3.94. The molecule has 76 valence electrons. The maximum Gasteiger partial charge on any atom is 0.328 e. The molecule has 0 saturated heterocycles. The first-order valence-electron chi connectivity index (χ1n) is 4.30. The van der Waals surface area contributed by atoms with Gasteiger partial charge in [-0.3, -0.25) is 0 Å². The van der Waals surface area contributed by atoms with Crippen LogP contribution in [0.3, 0.4) is 0 Å². The Hall–Kier alpha value is -1.55. The van der Waals surface area contributed by atoms with Crippen LogP contribution in [0.4, 0.5) is 0 Å². The molecule has 1 heterocycles. The quantitative estimate of drug-likeness (QED) is 0.697. The fourth-order valence-electron chi connectivity index (χ4n) is 1.06. The highest BCUT2D eigenvalue weighted by Crippen LogP contribution is 1.99. The second-order valence-electron chi connectivity index (χ2n) is 3.06. The molecule has 0 unspecified atom stereocenters. The minimum Gasteiger partial charge on any atom is -0.478 e. The van der Waals surface area contributed by atoms with E-state index in [1.807, 2.05) is 6.07 Å². The standard InChI is InChI=1S/C10H13NO3/c1-8(4-10(12)13)5-11-6-9-2-3-14-7-9/h2-4,7,11H,5-6H2,1H3,(H,12,13)/b8-4-. The molecule has 2 N–H and O–H groups in total. The number of hydrogen-bond donors (Lipinski definition) is 2. The Bertz CT molecular complexity index is 314. The van der Waals surface area contributed by atoms with Gasteiger partial charge in [-0.25, -0.2) is 4.79 Å². The molecule has 0 aromatic carbocycles. The van der Waals surface area contributed by atoms with Gasteiger partial charge < -0.3 is 14.8 Å². The molecule has 0 radical (unpaired) electrons. The first kappa shape index (κ1) is 10.5. The van der Waals surface area contributed by atoms with Gasteiger partial charge in [0.2, 0.25) is 0 Å². The molecule has 0 amide bonds. The van der Waals surface area contributed by atoms with E-state index in [1.165, 1.54) is 6.08 Å². The van der Waals surface area contributed by atoms with Gasteiger partial charge in [0.25, 0.3) is 0 Å². The number of rotatable bonds is 5. The summed E-state index contributed by atoms with van der Waals surface area (Å²) in [5.41, 5.74) is 1.84. The SMILES string of the molecule is C/C(=C/C(=O)O)CNCc1ccoc1. The Balaban J connectivity index is 2.25. The number of carbonyl (C=O) groups is 1. The average molecular weight is 195 g/mol. The van der Waals surface area contributed by atoms with Gasteiger partial charge in [0.1, 0.15) is 0 Å². The van der Waals surface area contributed by atoms with Gasteiger partial charge in [-0.1, -0.05) is 5.57 Å². The van der Waals surface area contributed by atoms with Crippen LogP contribution in [-0.2, 0) is 11.3 Å². The van der Waals surface area contributed by atoms with Crippen LogP contribution in [0.25, 0.3) is 0 Å². The molecule has 0 aliphatic carbocycles. The Morgan fingerprint density at radius 1 is 1.71 bits per heavy atom. The molecule has 0 aliphatic heterocycles. The van der Waals surface area contributed by atoms with Gasteiger partial charge >= 0.3 is 5.97 Å². The van der Waals surface area contributed by atoms with Crippen LogP contribution in [-0.4, -0.2) is 17.6 Å². The first-order chi connectivity index (χ1) is 6.68. The number of aliphatic carboxylic acids is 1. The van der Waals surface area contributed by atoms with E-state index in [4.69, 9.17) is 9.52 Å². The Labute approximate surface area is 82.2 Å². The summed E-state index contributed by atoms with van der Waals surface area (Å²) >= 11 is 0.